The van der Waals surface area contributed by atoms with Crippen LogP contribution in [0.25, 0.3) is 0 Å². The highest BCUT2D eigenvalue weighted by Gasteiger charge is 2.29. The Kier molecular flexibility index (Phi) is 11.6. The normalized spacial score (nSPS) is 12.9. The number of amides is 2. The second kappa shape index (κ2) is 14.2. The van der Waals surface area contributed by atoms with Gasteiger partial charge in [-0.15, -0.1) is 0 Å². The molecule has 2 aromatic rings. The van der Waals surface area contributed by atoms with E-state index >= 15 is 0 Å². The first-order valence-electron chi connectivity index (χ1n) is 13.2. The summed E-state index contributed by atoms with van der Waals surface area (Å²) in [7, 11) is -1.97. The van der Waals surface area contributed by atoms with Crippen molar-refractivity contribution in [3.63, 3.8) is 0 Å². The third-order valence-corrected chi connectivity index (χ3v) is 7.84. The number of carbonyl (C=O) groups excluding carboxylic acids is 2. The zero-order chi connectivity index (χ0) is 28.5. The van der Waals surface area contributed by atoms with Crippen LogP contribution in [0.15, 0.2) is 42.5 Å². The fourth-order valence-electron chi connectivity index (χ4n) is 4.30. The van der Waals surface area contributed by atoms with Gasteiger partial charge in [-0.05, 0) is 74.9 Å². The number of carbonyl (C=O) groups is 2. The second-order valence-corrected chi connectivity index (χ2v) is 11.8. The Bertz CT molecular complexity index is 1200. The van der Waals surface area contributed by atoms with Crippen molar-refractivity contribution in [3.8, 4) is 5.75 Å². The van der Waals surface area contributed by atoms with E-state index in [1.807, 2.05) is 77.1 Å². The first kappa shape index (κ1) is 31.1. The fourth-order valence-corrected chi connectivity index (χ4v) is 5.31. The molecule has 8 nitrogen and oxygen atoms in total. The quantitative estimate of drug-likeness (QED) is 0.375. The molecule has 9 heteroatoms. The molecule has 0 fully saturated rings. The van der Waals surface area contributed by atoms with Gasteiger partial charge >= 0.3 is 0 Å². The molecule has 1 N–H and O–H groups in total. The number of sulfonamides is 1. The Labute approximate surface area is 228 Å². The van der Waals surface area contributed by atoms with E-state index in [2.05, 4.69) is 5.32 Å². The van der Waals surface area contributed by atoms with E-state index in [9.17, 15) is 18.0 Å². The van der Waals surface area contributed by atoms with Gasteiger partial charge in [0.05, 0.1) is 19.1 Å². The summed E-state index contributed by atoms with van der Waals surface area (Å²) in [6.45, 7) is 10.0. The molecule has 0 aliphatic rings. The van der Waals surface area contributed by atoms with Gasteiger partial charge in [0.1, 0.15) is 11.8 Å². The summed E-state index contributed by atoms with van der Waals surface area (Å²) < 4.78 is 32.0. The predicted molar refractivity (Wildman–Crippen MR) is 153 cm³/mol. The first-order chi connectivity index (χ1) is 17.9. The number of methoxy groups -OCH3 is 1. The van der Waals surface area contributed by atoms with Gasteiger partial charge in [0.2, 0.25) is 21.8 Å². The van der Waals surface area contributed by atoms with Gasteiger partial charge in [-0.1, -0.05) is 38.1 Å². The number of aryl methyl sites for hydroxylation is 2. The molecule has 0 aliphatic carbocycles. The summed E-state index contributed by atoms with van der Waals surface area (Å²) in [5.74, 6) is 0.281. The van der Waals surface area contributed by atoms with Gasteiger partial charge in [-0.3, -0.25) is 13.9 Å². The molecular weight excluding hydrogens is 502 g/mol. The van der Waals surface area contributed by atoms with Gasteiger partial charge in [0, 0.05) is 25.6 Å². The lowest BCUT2D eigenvalue weighted by Crippen LogP contribution is -2.50. The van der Waals surface area contributed by atoms with Crippen LogP contribution >= 0.6 is 0 Å². The van der Waals surface area contributed by atoms with Crippen molar-refractivity contribution in [1.82, 2.24) is 10.2 Å². The topological polar surface area (TPSA) is 96.0 Å². The Morgan fingerprint density at radius 2 is 1.76 bits per heavy atom. The molecule has 0 unspecified atom stereocenters. The van der Waals surface area contributed by atoms with Crippen LogP contribution in [-0.4, -0.2) is 57.1 Å². The Morgan fingerprint density at radius 1 is 1.05 bits per heavy atom. The number of nitrogens with zero attached hydrogens (tertiary/aromatic N) is 2. The van der Waals surface area contributed by atoms with Crippen LogP contribution in [-0.2, 0) is 26.2 Å². The van der Waals surface area contributed by atoms with Crippen LogP contribution in [0, 0.1) is 13.8 Å². The van der Waals surface area contributed by atoms with E-state index in [0.717, 1.165) is 23.1 Å². The molecule has 0 radical (unpaired) electrons. The van der Waals surface area contributed by atoms with Crippen molar-refractivity contribution in [3.05, 3.63) is 59.2 Å². The fraction of sp³-hybridized carbons (Fsp3) is 0.517. The monoisotopic (exact) mass is 545 g/mol. The van der Waals surface area contributed by atoms with Gasteiger partial charge in [0.25, 0.3) is 0 Å². The number of hydrogen-bond acceptors (Lipinski definition) is 5. The number of rotatable bonds is 14. The van der Waals surface area contributed by atoms with Crippen molar-refractivity contribution < 1.29 is 22.7 Å². The minimum atomic E-state index is -3.55. The molecule has 2 aromatic carbocycles. The van der Waals surface area contributed by atoms with Crippen molar-refractivity contribution in [2.24, 2.45) is 0 Å². The summed E-state index contributed by atoms with van der Waals surface area (Å²) in [5, 5.41) is 3.01. The van der Waals surface area contributed by atoms with Gasteiger partial charge < -0.3 is 15.0 Å². The highest BCUT2D eigenvalue weighted by molar-refractivity contribution is 7.92. The average molecular weight is 546 g/mol. The van der Waals surface area contributed by atoms with E-state index in [4.69, 9.17) is 4.74 Å². The lowest BCUT2D eigenvalue weighted by atomic mass is 10.1. The molecular formula is C29H43N3O5S. The lowest BCUT2D eigenvalue weighted by molar-refractivity contribution is -0.141. The van der Waals surface area contributed by atoms with Crippen LogP contribution in [0.5, 0.6) is 5.75 Å². The maximum Gasteiger partial charge on any atom is 0.243 e. The molecule has 210 valence electrons. The lowest BCUT2D eigenvalue weighted by Gasteiger charge is -2.32. The maximum absolute atomic E-state index is 13.6. The summed E-state index contributed by atoms with van der Waals surface area (Å²) in [5.41, 5.74) is 3.27. The van der Waals surface area contributed by atoms with E-state index < -0.39 is 16.1 Å². The van der Waals surface area contributed by atoms with Gasteiger partial charge in [-0.25, -0.2) is 8.42 Å². The minimum Gasteiger partial charge on any atom is -0.497 e. The second-order valence-electron chi connectivity index (χ2n) is 9.84. The standard InChI is InChI=1S/C29H43N3O5S/c1-8-23(5)30-29(34)26(9-2)31(20-24-12-10-13-25(19-24)37-6)28(33)14-11-17-32(38(7,35)36)27-18-21(3)15-16-22(27)4/h10,12-13,15-16,18-19,23,26H,8-9,11,14,17,20H2,1-7H3,(H,30,34)/t23-,26-/m0/s1. The zero-order valence-corrected chi connectivity index (χ0v) is 24.6. The number of anilines is 1. The summed E-state index contributed by atoms with van der Waals surface area (Å²) in [4.78, 5) is 28.4. The Hall–Kier alpha value is -3.07. The van der Waals surface area contributed by atoms with Crippen molar-refractivity contribution in [1.29, 1.82) is 0 Å². The number of nitrogens with one attached hydrogen (secondary N) is 1. The van der Waals surface area contributed by atoms with E-state index in [0.29, 0.717) is 24.3 Å². The molecule has 2 amide bonds. The molecule has 0 saturated heterocycles. The molecule has 0 spiro atoms. The Morgan fingerprint density at radius 3 is 2.37 bits per heavy atom. The zero-order valence-electron chi connectivity index (χ0n) is 23.8. The highest BCUT2D eigenvalue weighted by Crippen LogP contribution is 2.25. The van der Waals surface area contributed by atoms with Crippen molar-refractivity contribution >= 4 is 27.5 Å². The van der Waals surface area contributed by atoms with Crippen LogP contribution in [0.2, 0.25) is 0 Å². The van der Waals surface area contributed by atoms with Gasteiger partial charge in [-0.2, -0.15) is 0 Å². The molecule has 0 aliphatic heterocycles. The highest BCUT2D eigenvalue weighted by atomic mass is 32.2. The predicted octanol–water partition coefficient (Wildman–Crippen LogP) is 4.58. The van der Waals surface area contributed by atoms with E-state index in [-0.39, 0.29) is 37.4 Å². The smallest absolute Gasteiger partial charge is 0.243 e. The largest absolute Gasteiger partial charge is 0.497 e. The molecule has 0 saturated carbocycles. The number of ether oxygens (including phenoxy) is 1. The molecule has 2 atom stereocenters. The summed E-state index contributed by atoms with van der Waals surface area (Å²) in [6, 6.07) is 12.5. The number of hydrogen-bond donors (Lipinski definition) is 1. The Balaban J connectivity index is 2.28. The molecule has 0 bridgehead atoms. The van der Waals surface area contributed by atoms with Crippen LogP contribution in [0.4, 0.5) is 5.69 Å². The third kappa shape index (κ3) is 8.75. The SMILES string of the molecule is CC[C@H](C)NC(=O)[C@H](CC)N(Cc1cccc(OC)c1)C(=O)CCCN(c1cc(C)ccc1C)S(C)(=O)=O. The average Bonchev–Trinajstić information content (AvgIpc) is 2.87. The molecule has 38 heavy (non-hydrogen) atoms. The van der Waals surface area contributed by atoms with Crippen LogP contribution in [0.3, 0.4) is 0 Å². The minimum absolute atomic E-state index is 0.00814. The maximum atomic E-state index is 13.6. The van der Waals surface area contributed by atoms with E-state index in [1.54, 1.807) is 12.0 Å². The van der Waals surface area contributed by atoms with E-state index in [1.165, 1.54) is 10.6 Å². The molecule has 0 heterocycles. The van der Waals surface area contributed by atoms with Gasteiger partial charge in [0.15, 0.2) is 0 Å². The molecule has 2 rings (SSSR count). The van der Waals surface area contributed by atoms with Crippen molar-refractivity contribution in [2.75, 3.05) is 24.2 Å². The van der Waals surface area contributed by atoms with Crippen LogP contribution in [0.1, 0.15) is 63.1 Å². The summed E-state index contributed by atoms with van der Waals surface area (Å²) in [6.07, 6.45) is 2.84. The molecule has 0 aromatic heterocycles. The van der Waals surface area contributed by atoms with Crippen LogP contribution < -0.4 is 14.4 Å². The number of benzene rings is 2. The summed E-state index contributed by atoms with van der Waals surface area (Å²) >= 11 is 0. The first-order valence-corrected chi connectivity index (χ1v) is 15.0. The van der Waals surface area contributed by atoms with Crippen molar-refractivity contribution in [2.45, 2.75) is 78.9 Å². The third-order valence-electron chi connectivity index (χ3n) is 6.66.